The molecule has 1 aromatic heterocycles. The minimum Gasteiger partial charge on any atom is -0.468 e. The molecule has 0 N–H and O–H groups in total. The molecule has 164 valence electrons. The van der Waals surface area contributed by atoms with Crippen LogP contribution in [-0.2, 0) is 16.6 Å². The van der Waals surface area contributed by atoms with Crippen LogP contribution < -0.4 is 4.31 Å². The molecule has 1 aliphatic heterocycles. The number of aryl methyl sites for hydroxylation is 2. The van der Waals surface area contributed by atoms with Crippen molar-refractivity contribution in [1.29, 1.82) is 0 Å². The van der Waals surface area contributed by atoms with E-state index in [1.807, 2.05) is 19.1 Å². The predicted octanol–water partition coefficient (Wildman–Crippen LogP) is 4.90. The molecule has 7 heteroatoms. The maximum atomic E-state index is 14.4. The van der Waals surface area contributed by atoms with Gasteiger partial charge >= 0.3 is 0 Å². The molecule has 0 atom stereocenters. The van der Waals surface area contributed by atoms with Crippen molar-refractivity contribution in [3.05, 3.63) is 83.6 Å². The maximum Gasteiger partial charge on any atom is 0.264 e. The SMILES string of the molecule is Cc1ccc(S(=O)(=O)N(c2ccc(C)c(F)c2)C2CCN(Cc3ccco3)CC2)cc1. The second-order valence-electron chi connectivity index (χ2n) is 8.13. The van der Waals surface area contributed by atoms with Crippen LogP contribution in [0, 0.1) is 19.7 Å². The number of hydrogen-bond acceptors (Lipinski definition) is 4. The van der Waals surface area contributed by atoms with Crippen LogP contribution in [0.15, 0.2) is 70.2 Å². The summed E-state index contributed by atoms with van der Waals surface area (Å²) in [5.74, 6) is 0.486. The summed E-state index contributed by atoms with van der Waals surface area (Å²) < 4.78 is 48.5. The predicted molar refractivity (Wildman–Crippen MR) is 119 cm³/mol. The van der Waals surface area contributed by atoms with E-state index in [9.17, 15) is 12.8 Å². The zero-order valence-corrected chi connectivity index (χ0v) is 18.6. The molecular formula is C24H27FN2O3S. The molecule has 0 unspecified atom stereocenters. The van der Waals surface area contributed by atoms with E-state index in [4.69, 9.17) is 4.42 Å². The number of piperidine rings is 1. The highest BCUT2D eigenvalue weighted by Gasteiger charge is 2.34. The zero-order chi connectivity index (χ0) is 22.0. The molecule has 0 radical (unpaired) electrons. The summed E-state index contributed by atoms with van der Waals surface area (Å²) in [6, 6.07) is 15.0. The van der Waals surface area contributed by atoms with Gasteiger partial charge in [0.25, 0.3) is 10.0 Å². The van der Waals surface area contributed by atoms with E-state index in [1.54, 1.807) is 49.6 Å². The molecule has 1 fully saturated rings. The molecular weight excluding hydrogens is 415 g/mol. The highest BCUT2D eigenvalue weighted by molar-refractivity contribution is 7.92. The van der Waals surface area contributed by atoms with E-state index >= 15 is 0 Å². The lowest BCUT2D eigenvalue weighted by molar-refractivity contribution is 0.193. The van der Waals surface area contributed by atoms with Gasteiger partial charge in [0.15, 0.2) is 0 Å². The number of furan rings is 1. The zero-order valence-electron chi connectivity index (χ0n) is 17.8. The van der Waals surface area contributed by atoms with Crippen LogP contribution >= 0.6 is 0 Å². The van der Waals surface area contributed by atoms with Crippen molar-refractivity contribution in [1.82, 2.24) is 4.90 Å². The number of anilines is 1. The highest BCUT2D eigenvalue weighted by Crippen LogP contribution is 2.32. The van der Waals surface area contributed by atoms with Crippen molar-refractivity contribution in [2.24, 2.45) is 0 Å². The van der Waals surface area contributed by atoms with E-state index in [2.05, 4.69) is 4.90 Å². The quantitative estimate of drug-likeness (QED) is 0.545. The van der Waals surface area contributed by atoms with Gasteiger partial charge in [-0.3, -0.25) is 9.21 Å². The first kappa shape index (κ1) is 21.6. The summed E-state index contributed by atoms with van der Waals surface area (Å²) in [5.41, 5.74) is 1.84. The average Bonchev–Trinajstić information content (AvgIpc) is 3.25. The third-order valence-corrected chi connectivity index (χ3v) is 7.73. The van der Waals surface area contributed by atoms with E-state index in [0.29, 0.717) is 30.6 Å². The molecule has 1 aliphatic rings. The number of halogens is 1. The normalized spacial score (nSPS) is 15.8. The first-order chi connectivity index (χ1) is 14.8. The van der Waals surface area contributed by atoms with E-state index in [1.165, 1.54) is 10.4 Å². The largest absolute Gasteiger partial charge is 0.468 e. The van der Waals surface area contributed by atoms with Crippen LogP contribution in [0.2, 0.25) is 0 Å². The van der Waals surface area contributed by atoms with Gasteiger partial charge in [-0.25, -0.2) is 12.8 Å². The van der Waals surface area contributed by atoms with Gasteiger partial charge in [-0.1, -0.05) is 23.8 Å². The van der Waals surface area contributed by atoms with E-state index < -0.39 is 15.8 Å². The number of nitrogens with zero attached hydrogens (tertiary/aromatic N) is 2. The minimum absolute atomic E-state index is 0.220. The number of rotatable bonds is 6. The Bertz CT molecular complexity index is 1120. The molecule has 0 saturated carbocycles. The second-order valence-corrected chi connectivity index (χ2v) is 9.95. The molecule has 2 heterocycles. The summed E-state index contributed by atoms with van der Waals surface area (Å²) in [6.45, 7) is 5.76. The fourth-order valence-electron chi connectivity index (χ4n) is 4.02. The van der Waals surface area contributed by atoms with Gasteiger partial charge in [-0.05, 0) is 68.7 Å². The maximum absolute atomic E-state index is 14.4. The molecule has 2 aromatic carbocycles. The molecule has 4 rings (SSSR count). The highest BCUT2D eigenvalue weighted by atomic mass is 32.2. The second kappa shape index (κ2) is 8.85. The Morgan fingerprint density at radius 3 is 2.39 bits per heavy atom. The smallest absolute Gasteiger partial charge is 0.264 e. The van der Waals surface area contributed by atoms with Gasteiger partial charge in [0.2, 0.25) is 0 Å². The lowest BCUT2D eigenvalue weighted by atomic mass is 10.0. The summed E-state index contributed by atoms with van der Waals surface area (Å²) in [5, 5.41) is 0. The Kier molecular flexibility index (Phi) is 6.16. The topological polar surface area (TPSA) is 53.8 Å². The van der Waals surface area contributed by atoms with Gasteiger partial charge in [0.1, 0.15) is 11.6 Å². The Balaban J connectivity index is 1.63. The molecule has 0 bridgehead atoms. The van der Waals surface area contributed by atoms with Crippen molar-refractivity contribution < 1.29 is 17.2 Å². The third kappa shape index (κ3) is 4.67. The van der Waals surface area contributed by atoms with Gasteiger partial charge in [-0.2, -0.15) is 0 Å². The van der Waals surface area contributed by atoms with Crippen LogP contribution in [0.25, 0.3) is 0 Å². The molecule has 3 aromatic rings. The summed E-state index contributed by atoms with van der Waals surface area (Å²) in [4.78, 5) is 2.47. The fourth-order valence-corrected chi connectivity index (χ4v) is 5.72. The summed E-state index contributed by atoms with van der Waals surface area (Å²) in [6.07, 6.45) is 2.96. The average molecular weight is 443 g/mol. The van der Waals surface area contributed by atoms with Gasteiger partial charge in [0.05, 0.1) is 23.4 Å². The van der Waals surface area contributed by atoms with Crippen molar-refractivity contribution >= 4 is 15.7 Å². The molecule has 0 aliphatic carbocycles. The van der Waals surface area contributed by atoms with Crippen LogP contribution in [0.5, 0.6) is 0 Å². The molecule has 1 saturated heterocycles. The Hall–Kier alpha value is -2.64. The molecule has 31 heavy (non-hydrogen) atoms. The van der Waals surface area contributed by atoms with Crippen molar-refractivity contribution in [3.8, 4) is 0 Å². The molecule has 0 amide bonds. The van der Waals surface area contributed by atoms with Crippen molar-refractivity contribution in [2.75, 3.05) is 17.4 Å². The molecule has 5 nitrogen and oxygen atoms in total. The number of likely N-dealkylation sites (tertiary alicyclic amines) is 1. The fraction of sp³-hybridized carbons (Fsp3) is 0.333. The monoisotopic (exact) mass is 442 g/mol. The summed E-state index contributed by atoms with van der Waals surface area (Å²) in [7, 11) is -3.84. The van der Waals surface area contributed by atoms with E-state index in [-0.39, 0.29) is 10.9 Å². The van der Waals surface area contributed by atoms with Crippen molar-refractivity contribution in [2.45, 2.75) is 44.2 Å². The van der Waals surface area contributed by atoms with E-state index in [0.717, 1.165) is 24.4 Å². The standard InChI is InChI=1S/C24H27FN2O3S/c1-18-5-9-23(10-6-18)31(28,29)27(21-8-7-19(2)24(25)16-21)20-11-13-26(14-12-20)17-22-4-3-15-30-22/h3-10,15-16,20H,11-14,17H2,1-2H3. The minimum atomic E-state index is -3.84. The molecule has 0 spiro atoms. The van der Waals surface area contributed by atoms with Gasteiger partial charge in [0, 0.05) is 19.1 Å². The number of benzene rings is 2. The Morgan fingerprint density at radius 2 is 1.77 bits per heavy atom. The Labute approximate surface area is 183 Å². The lowest BCUT2D eigenvalue weighted by Crippen LogP contribution is -2.47. The van der Waals surface area contributed by atoms with Crippen LogP contribution in [0.4, 0.5) is 10.1 Å². The van der Waals surface area contributed by atoms with Crippen LogP contribution in [0.3, 0.4) is 0 Å². The Morgan fingerprint density at radius 1 is 1.06 bits per heavy atom. The first-order valence-corrected chi connectivity index (χ1v) is 11.9. The summed E-state index contributed by atoms with van der Waals surface area (Å²) >= 11 is 0. The van der Waals surface area contributed by atoms with Crippen LogP contribution in [0.1, 0.15) is 29.7 Å². The van der Waals surface area contributed by atoms with Gasteiger partial charge in [-0.15, -0.1) is 0 Å². The van der Waals surface area contributed by atoms with Crippen LogP contribution in [-0.4, -0.2) is 32.4 Å². The van der Waals surface area contributed by atoms with Crippen molar-refractivity contribution in [3.63, 3.8) is 0 Å². The van der Waals surface area contributed by atoms with Gasteiger partial charge < -0.3 is 4.42 Å². The number of sulfonamides is 1. The lowest BCUT2D eigenvalue weighted by Gasteiger charge is -2.38. The number of hydrogen-bond donors (Lipinski definition) is 0. The third-order valence-electron chi connectivity index (χ3n) is 5.84. The first-order valence-electron chi connectivity index (χ1n) is 10.5.